The van der Waals surface area contributed by atoms with Gasteiger partial charge in [-0.15, -0.1) is 11.3 Å². The predicted octanol–water partition coefficient (Wildman–Crippen LogP) is 7.08. The third-order valence-electron chi connectivity index (χ3n) is 6.72. The maximum absolute atomic E-state index is 13.1. The first kappa shape index (κ1) is 27.8. The predicted molar refractivity (Wildman–Crippen MR) is 163 cm³/mol. The van der Waals surface area contributed by atoms with Gasteiger partial charge in [0.05, 0.1) is 12.3 Å². The van der Waals surface area contributed by atoms with E-state index in [1.165, 1.54) is 4.88 Å². The molecule has 4 aromatic carbocycles. The summed E-state index contributed by atoms with van der Waals surface area (Å²) in [7, 11) is 0. The summed E-state index contributed by atoms with van der Waals surface area (Å²) >= 11 is 1.69. The molecule has 1 atom stereocenters. The highest BCUT2D eigenvalue weighted by Gasteiger charge is 2.21. The number of carboxylic acid groups (broad SMARTS) is 1. The molecule has 1 aromatic heterocycles. The van der Waals surface area contributed by atoms with Crippen molar-refractivity contribution in [1.29, 1.82) is 0 Å². The van der Waals surface area contributed by atoms with E-state index in [-0.39, 0.29) is 12.2 Å². The Morgan fingerprint density at radius 1 is 0.878 bits per heavy atom. The highest BCUT2D eigenvalue weighted by molar-refractivity contribution is 7.15. The molecule has 0 aliphatic rings. The van der Waals surface area contributed by atoms with E-state index >= 15 is 0 Å². The summed E-state index contributed by atoms with van der Waals surface area (Å²) in [6.07, 6.45) is 0.937. The molecule has 206 valence electrons. The van der Waals surface area contributed by atoms with E-state index in [4.69, 9.17) is 9.72 Å². The van der Waals surface area contributed by atoms with Crippen molar-refractivity contribution in [3.63, 3.8) is 0 Å². The molecule has 0 radical (unpaired) electrons. The molecule has 0 aliphatic carbocycles. The summed E-state index contributed by atoms with van der Waals surface area (Å²) in [6.45, 7) is 2.57. The van der Waals surface area contributed by atoms with Gasteiger partial charge in [0.15, 0.2) is 5.78 Å². The van der Waals surface area contributed by atoms with E-state index in [2.05, 4.69) is 24.4 Å². The molecule has 0 aliphatic heterocycles. The topological polar surface area (TPSA) is 88.5 Å². The molecular weight excluding hydrogens is 532 g/mol. The number of rotatable bonds is 12. The summed E-state index contributed by atoms with van der Waals surface area (Å²) in [6, 6.07) is 32.6. The Morgan fingerprint density at radius 2 is 1.54 bits per heavy atom. The van der Waals surface area contributed by atoms with Gasteiger partial charge in [0, 0.05) is 40.1 Å². The number of aliphatic carboxylic acids is 1. The number of hydrogen-bond donors (Lipinski definition) is 2. The molecule has 5 aromatic rings. The number of anilines is 1. The van der Waals surface area contributed by atoms with Gasteiger partial charge < -0.3 is 15.2 Å². The van der Waals surface area contributed by atoms with Gasteiger partial charge in [-0.25, -0.2) is 9.78 Å². The van der Waals surface area contributed by atoms with E-state index in [0.29, 0.717) is 35.6 Å². The number of hydrogen-bond acceptors (Lipinski definition) is 6. The highest BCUT2D eigenvalue weighted by Crippen LogP contribution is 2.28. The van der Waals surface area contributed by atoms with E-state index in [0.717, 1.165) is 21.8 Å². The van der Waals surface area contributed by atoms with Gasteiger partial charge in [-0.2, -0.15) is 0 Å². The Bertz CT molecular complexity index is 1620. The van der Waals surface area contributed by atoms with Crippen LogP contribution < -0.4 is 10.1 Å². The molecule has 5 rings (SSSR count). The van der Waals surface area contributed by atoms with Gasteiger partial charge in [0.2, 0.25) is 0 Å². The van der Waals surface area contributed by atoms with Crippen LogP contribution in [0.25, 0.3) is 10.6 Å². The average molecular weight is 563 g/mol. The van der Waals surface area contributed by atoms with Gasteiger partial charge in [-0.3, -0.25) is 4.79 Å². The van der Waals surface area contributed by atoms with Gasteiger partial charge in [0.25, 0.3) is 0 Å². The van der Waals surface area contributed by atoms with Crippen molar-refractivity contribution in [2.45, 2.75) is 25.8 Å². The van der Waals surface area contributed by atoms with Gasteiger partial charge >= 0.3 is 5.97 Å². The van der Waals surface area contributed by atoms with Crippen molar-refractivity contribution in [1.82, 2.24) is 4.98 Å². The number of benzene rings is 4. The smallest absolute Gasteiger partial charge is 0.326 e. The second-order valence-electron chi connectivity index (χ2n) is 9.61. The molecule has 7 heteroatoms. The number of nitrogens with zero attached hydrogens (tertiary/aromatic N) is 1. The van der Waals surface area contributed by atoms with Crippen LogP contribution in [0.5, 0.6) is 5.75 Å². The summed E-state index contributed by atoms with van der Waals surface area (Å²) in [5.74, 6) is -0.451. The normalized spacial score (nSPS) is 11.5. The molecule has 0 spiro atoms. The maximum Gasteiger partial charge on any atom is 0.326 e. The zero-order valence-electron chi connectivity index (χ0n) is 22.6. The molecule has 0 saturated carbocycles. The first-order chi connectivity index (χ1) is 20.0. The third kappa shape index (κ3) is 7.07. The lowest BCUT2D eigenvalue weighted by molar-refractivity contribution is -0.137. The van der Waals surface area contributed by atoms with E-state index < -0.39 is 12.0 Å². The van der Waals surface area contributed by atoms with Gasteiger partial charge in [-0.1, -0.05) is 84.9 Å². The minimum Gasteiger partial charge on any atom is -0.493 e. The van der Waals surface area contributed by atoms with Crippen molar-refractivity contribution < 1.29 is 19.4 Å². The molecular formula is C34H30N2O4S. The summed E-state index contributed by atoms with van der Waals surface area (Å²) in [5.41, 5.74) is 4.45. The lowest BCUT2D eigenvalue weighted by Crippen LogP contribution is -2.32. The van der Waals surface area contributed by atoms with Gasteiger partial charge in [-0.05, 0) is 36.8 Å². The second kappa shape index (κ2) is 13.1. The Balaban J connectivity index is 1.19. The minimum absolute atomic E-state index is 0.163. The van der Waals surface area contributed by atoms with Crippen LogP contribution in [0.3, 0.4) is 0 Å². The molecule has 0 bridgehead atoms. The molecule has 6 nitrogen and oxygen atoms in total. The fourth-order valence-electron chi connectivity index (χ4n) is 4.53. The van der Waals surface area contributed by atoms with Crippen molar-refractivity contribution in [2.75, 3.05) is 11.9 Å². The average Bonchev–Trinajstić information content (AvgIpc) is 3.38. The van der Waals surface area contributed by atoms with Crippen LogP contribution in [0.15, 0.2) is 109 Å². The van der Waals surface area contributed by atoms with Crippen LogP contribution in [0.1, 0.15) is 32.1 Å². The lowest BCUT2D eigenvalue weighted by Gasteiger charge is -2.18. The standard InChI is InChI=1S/C34H30N2O4S/c1-23-29(36-33(41-23)26-12-6-3-7-13-26)20-21-40-27-18-16-24(17-19-27)22-31(34(38)39)35-30-15-9-8-14-28(30)32(37)25-10-4-2-5-11-25/h2-19,31,35H,20-22H2,1H3,(H,38,39). The molecule has 2 N–H and O–H groups in total. The summed E-state index contributed by atoms with van der Waals surface area (Å²) < 4.78 is 5.96. The number of aromatic nitrogens is 1. The van der Waals surface area contributed by atoms with Crippen LogP contribution in [0.4, 0.5) is 5.69 Å². The molecule has 1 heterocycles. The number of carbonyl (C=O) groups excluding carboxylic acids is 1. The molecule has 0 amide bonds. The number of ether oxygens (including phenoxy) is 1. The lowest BCUT2D eigenvalue weighted by atomic mass is 10.00. The Morgan fingerprint density at radius 3 is 2.24 bits per heavy atom. The first-order valence-corrected chi connectivity index (χ1v) is 14.2. The zero-order valence-corrected chi connectivity index (χ0v) is 23.4. The molecule has 1 unspecified atom stereocenters. The Kier molecular flexibility index (Phi) is 8.86. The Hall–Kier alpha value is -4.75. The fourth-order valence-corrected chi connectivity index (χ4v) is 5.49. The number of nitrogens with one attached hydrogen (secondary N) is 1. The van der Waals surface area contributed by atoms with Crippen LogP contribution in [-0.2, 0) is 17.6 Å². The van der Waals surface area contributed by atoms with Crippen LogP contribution in [0, 0.1) is 6.92 Å². The number of carbonyl (C=O) groups is 2. The van der Waals surface area contributed by atoms with E-state index in [1.54, 1.807) is 59.9 Å². The third-order valence-corrected chi connectivity index (χ3v) is 7.78. The molecule has 0 fully saturated rings. The minimum atomic E-state index is -0.999. The quantitative estimate of drug-likeness (QED) is 0.158. The molecule has 41 heavy (non-hydrogen) atoms. The van der Waals surface area contributed by atoms with Crippen molar-refractivity contribution >= 4 is 28.8 Å². The van der Waals surface area contributed by atoms with Crippen molar-refractivity contribution in [3.05, 3.63) is 136 Å². The SMILES string of the molecule is Cc1sc(-c2ccccc2)nc1CCOc1ccc(CC(Nc2ccccc2C(=O)c2ccccc2)C(=O)O)cc1. The number of aryl methyl sites for hydroxylation is 1. The zero-order chi connectivity index (χ0) is 28.6. The van der Waals surface area contributed by atoms with Crippen molar-refractivity contribution in [2.24, 2.45) is 0 Å². The first-order valence-electron chi connectivity index (χ1n) is 13.4. The van der Waals surface area contributed by atoms with Gasteiger partial charge in [0.1, 0.15) is 16.8 Å². The maximum atomic E-state index is 13.1. The Labute approximate surface area is 243 Å². The largest absolute Gasteiger partial charge is 0.493 e. The van der Waals surface area contributed by atoms with E-state index in [9.17, 15) is 14.7 Å². The van der Waals surface area contributed by atoms with Crippen LogP contribution >= 0.6 is 11.3 Å². The highest BCUT2D eigenvalue weighted by atomic mass is 32.1. The van der Waals surface area contributed by atoms with Crippen LogP contribution in [0.2, 0.25) is 0 Å². The fraction of sp³-hybridized carbons (Fsp3) is 0.147. The van der Waals surface area contributed by atoms with Crippen molar-refractivity contribution in [3.8, 4) is 16.3 Å². The second-order valence-corrected chi connectivity index (χ2v) is 10.8. The number of ketones is 1. The molecule has 0 saturated heterocycles. The summed E-state index contributed by atoms with van der Waals surface area (Å²) in [4.78, 5) is 31.2. The monoisotopic (exact) mass is 562 g/mol. The number of carboxylic acids is 1. The number of para-hydroxylation sites is 1. The number of thiazole rings is 1. The summed E-state index contributed by atoms with van der Waals surface area (Å²) in [5, 5.41) is 14.0. The van der Waals surface area contributed by atoms with Crippen LogP contribution in [-0.4, -0.2) is 34.5 Å². The van der Waals surface area contributed by atoms with E-state index in [1.807, 2.05) is 48.5 Å².